The SMILES string of the molecule is CCOc1nc(Oc2cncc(Br)c2)ccc1N. The minimum Gasteiger partial charge on any atom is -0.476 e. The van der Waals surface area contributed by atoms with Crippen molar-refractivity contribution in [2.75, 3.05) is 12.3 Å². The van der Waals surface area contributed by atoms with Crippen LogP contribution in [-0.4, -0.2) is 16.6 Å². The molecule has 0 aliphatic heterocycles. The Kier molecular flexibility index (Phi) is 3.99. The third-order valence-corrected chi connectivity index (χ3v) is 2.48. The Hall–Kier alpha value is -1.82. The average Bonchev–Trinajstić information content (AvgIpc) is 2.34. The van der Waals surface area contributed by atoms with Crippen molar-refractivity contribution in [1.82, 2.24) is 9.97 Å². The van der Waals surface area contributed by atoms with Crippen molar-refractivity contribution in [1.29, 1.82) is 0 Å². The van der Waals surface area contributed by atoms with Gasteiger partial charge in [0.15, 0.2) is 0 Å². The zero-order valence-electron chi connectivity index (χ0n) is 9.76. The van der Waals surface area contributed by atoms with E-state index < -0.39 is 0 Å². The molecule has 0 atom stereocenters. The van der Waals surface area contributed by atoms with E-state index in [4.69, 9.17) is 15.2 Å². The standard InChI is InChI=1S/C12H12BrN3O2/c1-2-17-12-10(14)3-4-11(16-12)18-9-5-8(13)6-15-7-9/h3-7H,2,14H2,1H3. The molecule has 0 fully saturated rings. The summed E-state index contributed by atoms with van der Waals surface area (Å²) in [7, 11) is 0. The Balaban J connectivity index is 2.21. The second kappa shape index (κ2) is 5.68. The zero-order valence-corrected chi connectivity index (χ0v) is 11.3. The van der Waals surface area contributed by atoms with Crippen molar-refractivity contribution in [3.05, 3.63) is 35.1 Å². The van der Waals surface area contributed by atoms with E-state index in [1.54, 1.807) is 30.6 Å². The van der Waals surface area contributed by atoms with Gasteiger partial charge in [-0.05, 0) is 35.0 Å². The van der Waals surface area contributed by atoms with Gasteiger partial charge in [0.05, 0.1) is 18.5 Å². The number of rotatable bonds is 4. The van der Waals surface area contributed by atoms with Crippen LogP contribution in [0.25, 0.3) is 0 Å². The molecule has 94 valence electrons. The lowest BCUT2D eigenvalue weighted by Crippen LogP contribution is -2.00. The summed E-state index contributed by atoms with van der Waals surface area (Å²) in [6.07, 6.45) is 3.28. The van der Waals surface area contributed by atoms with E-state index in [0.717, 1.165) is 4.47 Å². The van der Waals surface area contributed by atoms with E-state index in [-0.39, 0.29) is 0 Å². The molecule has 18 heavy (non-hydrogen) atoms. The Morgan fingerprint density at radius 3 is 2.89 bits per heavy atom. The van der Waals surface area contributed by atoms with E-state index in [1.165, 1.54) is 0 Å². The highest BCUT2D eigenvalue weighted by atomic mass is 79.9. The summed E-state index contributed by atoms with van der Waals surface area (Å²) in [5.41, 5.74) is 6.21. The average molecular weight is 310 g/mol. The van der Waals surface area contributed by atoms with Gasteiger partial charge in [-0.1, -0.05) is 0 Å². The van der Waals surface area contributed by atoms with Crippen molar-refractivity contribution in [2.45, 2.75) is 6.92 Å². The van der Waals surface area contributed by atoms with Gasteiger partial charge in [0.1, 0.15) is 5.75 Å². The zero-order chi connectivity index (χ0) is 13.0. The van der Waals surface area contributed by atoms with Crippen molar-refractivity contribution in [3.8, 4) is 17.5 Å². The van der Waals surface area contributed by atoms with Crippen LogP contribution in [0.15, 0.2) is 35.1 Å². The fourth-order valence-electron chi connectivity index (χ4n) is 1.31. The first-order valence-corrected chi connectivity index (χ1v) is 6.16. The Labute approximate surface area is 113 Å². The van der Waals surface area contributed by atoms with Gasteiger partial charge in [-0.15, -0.1) is 0 Å². The van der Waals surface area contributed by atoms with Crippen LogP contribution >= 0.6 is 15.9 Å². The first-order valence-electron chi connectivity index (χ1n) is 5.36. The summed E-state index contributed by atoms with van der Waals surface area (Å²) in [5, 5.41) is 0. The molecule has 2 aromatic heterocycles. The van der Waals surface area contributed by atoms with Crippen molar-refractivity contribution in [2.24, 2.45) is 0 Å². The van der Waals surface area contributed by atoms with Gasteiger partial charge in [0.25, 0.3) is 0 Å². The second-order valence-electron chi connectivity index (χ2n) is 3.42. The maximum Gasteiger partial charge on any atom is 0.240 e. The number of aromatic nitrogens is 2. The Morgan fingerprint density at radius 2 is 2.17 bits per heavy atom. The third-order valence-electron chi connectivity index (χ3n) is 2.05. The molecule has 0 spiro atoms. The molecule has 2 rings (SSSR count). The summed E-state index contributed by atoms with van der Waals surface area (Å²) in [6.45, 7) is 2.37. The number of pyridine rings is 2. The van der Waals surface area contributed by atoms with Crippen molar-refractivity contribution in [3.63, 3.8) is 0 Å². The van der Waals surface area contributed by atoms with Crippen LogP contribution in [-0.2, 0) is 0 Å². The monoisotopic (exact) mass is 309 g/mol. The molecule has 0 aliphatic carbocycles. The van der Waals surface area contributed by atoms with Gasteiger partial charge in [-0.3, -0.25) is 4.98 Å². The maximum absolute atomic E-state index is 5.73. The highest BCUT2D eigenvalue weighted by molar-refractivity contribution is 9.10. The minimum atomic E-state index is 0.373. The highest BCUT2D eigenvalue weighted by Gasteiger charge is 2.06. The quantitative estimate of drug-likeness (QED) is 0.940. The minimum absolute atomic E-state index is 0.373. The van der Waals surface area contributed by atoms with Gasteiger partial charge in [-0.25, -0.2) is 0 Å². The molecule has 6 heteroatoms. The molecule has 2 heterocycles. The number of nitrogens with zero attached hydrogens (tertiary/aromatic N) is 2. The van der Waals surface area contributed by atoms with Crippen LogP contribution in [0.4, 0.5) is 5.69 Å². The van der Waals surface area contributed by atoms with Crippen molar-refractivity contribution < 1.29 is 9.47 Å². The molecule has 0 aromatic carbocycles. The van der Waals surface area contributed by atoms with E-state index in [1.807, 2.05) is 6.92 Å². The molecule has 2 N–H and O–H groups in total. The summed E-state index contributed by atoms with van der Waals surface area (Å²) in [5.74, 6) is 1.37. The van der Waals surface area contributed by atoms with Gasteiger partial charge in [0.2, 0.25) is 11.8 Å². The molecule has 0 amide bonds. The number of halogens is 1. The predicted octanol–water partition coefficient (Wildman–Crippen LogP) is 3.01. The van der Waals surface area contributed by atoms with Gasteiger partial charge >= 0.3 is 0 Å². The smallest absolute Gasteiger partial charge is 0.240 e. The van der Waals surface area contributed by atoms with Crippen LogP contribution in [0.5, 0.6) is 17.5 Å². The number of anilines is 1. The number of hydrogen-bond donors (Lipinski definition) is 1. The molecule has 0 bridgehead atoms. The number of nitrogen functional groups attached to an aromatic ring is 1. The van der Waals surface area contributed by atoms with Crippen LogP contribution < -0.4 is 15.2 Å². The summed E-state index contributed by atoms with van der Waals surface area (Å²) < 4.78 is 11.7. The summed E-state index contributed by atoms with van der Waals surface area (Å²) in [4.78, 5) is 8.18. The first-order chi connectivity index (χ1) is 8.69. The van der Waals surface area contributed by atoms with Gasteiger partial charge < -0.3 is 15.2 Å². The lowest BCUT2D eigenvalue weighted by Gasteiger charge is -2.08. The molecular formula is C12H12BrN3O2. The van der Waals surface area contributed by atoms with Crippen LogP contribution in [0.3, 0.4) is 0 Å². The molecule has 5 nitrogen and oxygen atoms in total. The molecule has 0 unspecified atom stereocenters. The van der Waals surface area contributed by atoms with Crippen LogP contribution in [0.1, 0.15) is 6.92 Å². The molecule has 0 saturated heterocycles. The molecule has 0 aliphatic rings. The molecule has 0 saturated carbocycles. The predicted molar refractivity (Wildman–Crippen MR) is 71.8 cm³/mol. The molecular weight excluding hydrogens is 298 g/mol. The molecule has 0 radical (unpaired) electrons. The second-order valence-corrected chi connectivity index (χ2v) is 4.33. The normalized spacial score (nSPS) is 10.1. The van der Waals surface area contributed by atoms with E-state index >= 15 is 0 Å². The third kappa shape index (κ3) is 3.10. The fraction of sp³-hybridized carbons (Fsp3) is 0.167. The number of ether oxygens (including phenoxy) is 2. The number of nitrogens with two attached hydrogens (primary N) is 1. The molecule has 2 aromatic rings. The lowest BCUT2D eigenvalue weighted by molar-refractivity contribution is 0.323. The van der Waals surface area contributed by atoms with Crippen LogP contribution in [0.2, 0.25) is 0 Å². The lowest BCUT2D eigenvalue weighted by atomic mass is 10.4. The highest BCUT2D eigenvalue weighted by Crippen LogP contribution is 2.26. The van der Waals surface area contributed by atoms with E-state index in [0.29, 0.717) is 29.8 Å². The van der Waals surface area contributed by atoms with Gasteiger partial charge in [-0.2, -0.15) is 4.98 Å². The maximum atomic E-state index is 5.73. The van der Waals surface area contributed by atoms with Crippen LogP contribution in [0, 0.1) is 0 Å². The van der Waals surface area contributed by atoms with E-state index in [9.17, 15) is 0 Å². The fourth-order valence-corrected chi connectivity index (χ4v) is 1.66. The largest absolute Gasteiger partial charge is 0.476 e. The first kappa shape index (κ1) is 12.6. The topological polar surface area (TPSA) is 70.3 Å². The van der Waals surface area contributed by atoms with Gasteiger partial charge in [0, 0.05) is 16.7 Å². The Bertz CT molecular complexity index is 549. The summed E-state index contributed by atoms with van der Waals surface area (Å²) >= 11 is 3.32. The summed E-state index contributed by atoms with van der Waals surface area (Å²) in [6, 6.07) is 5.17. The van der Waals surface area contributed by atoms with Crippen molar-refractivity contribution >= 4 is 21.6 Å². The number of hydrogen-bond acceptors (Lipinski definition) is 5. The Morgan fingerprint density at radius 1 is 1.33 bits per heavy atom. The van der Waals surface area contributed by atoms with E-state index in [2.05, 4.69) is 25.9 Å².